The number of carbonyl (C=O) groups is 1. The van der Waals surface area contributed by atoms with Gasteiger partial charge in [0.25, 0.3) is 5.56 Å². The molecule has 1 amide bonds. The Kier molecular flexibility index (Phi) is 6.68. The third kappa shape index (κ3) is 4.86. The van der Waals surface area contributed by atoms with Gasteiger partial charge in [0.1, 0.15) is 10.6 Å². The summed E-state index contributed by atoms with van der Waals surface area (Å²) < 4.78 is 14.9. The lowest BCUT2D eigenvalue weighted by Crippen LogP contribution is -2.22. The number of amides is 1. The van der Waals surface area contributed by atoms with Gasteiger partial charge in [-0.2, -0.15) is 0 Å². The number of aromatic nitrogens is 2. The minimum Gasteiger partial charge on any atom is -0.325 e. The number of hydrogen-bond donors (Lipinski definition) is 1. The van der Waals surface area contributed by atoms with Crippen LogP contribution >= 0.6 is 34.7 Å². The molecule has 2 aromatic heterocycles. The van der Waals surface area contributed by atoms with Crippen LogP contribution in [0.5, 0.6) is 0 Å². The second kappa shape index (κ2) is 10.0. The number of benzene rings is 3. The van der Waals surface area contributed by atoms with Crippen molar-refractivity contribution in [2.75, 3.05) is 11.1 Å². The van der Waals surface area contributed by atoms with Gasteiger partial charge < -0.3 is 5.32 Å². The average Bonchev–Trinajstić information content (AvgIpc) is 3.30. The highest BCUT2D eigenvalue weighted by Crippen LogP contribution is 2.33. The molecule has 0 saturated heterocycles. The van der Waals surface area contributed by atoms with Crippen LogP contribution in [0.25, 0.3) is 27.0 Å². The summed E-state index contributed by atoms with van der Waals surface area (Å²) in [6.45, 7) is 0. The lowest BCUT2D eigenvalue weighted by Gasteiger charge is -2.13. The van der Waals surface area contributed by atoms with Crippen molar-refractivity contribution in [3.63, 3.8) is 0 Å². The SMILES string of the molecule is O=C(CSc1nc2scc(-c3ccccc3)c2c(=O)n1-c1ccccc1)Nc1ccc(F)c(Cl)c1. The molecule has 35 heavy (non-hydrogen) atoms. The summed E-state index contributed by atoms with van der Waals surface area (Å²) in [5.74, 6) is -0.895. The molecule has 5 aromatic rings. The number of thiophene rings is 1. The van der Waals surface area contributed by atoms with E-state index >= 15 is 0 Å². The molecule has 174 valence electrons. The van der Waals surface area contributed by atoms with Crippen LogP contribution in [0.3, 0.4) is 0 Å². The van der Waals surface area contributed by atoms with Crippen molar-refractivity contribution in [2.45, 2.75) is 5.16 Å². The van der Waals surface area contributed by atoms with Gasteiger partial charge in [0.2, 0.25) is 5.91 Å². The van der Waals surface area contributed by atoms with Gasteiger partial charge in [0, 0.05) is 16.6 Å². The molecular weight excluding hydrogens is 505 g/mol. The van der Waals surface area contributed by atoms with E-state index in [0.29, 0.717) is 26.7 Å². The van der Waals surface area contributed by atoms with Gasteiger partial charge in [-0.1, -0.05) is 71.9 Å². The molecule has 0 atom stereocenters. The fourth-order valence-electron chi connectivity index (χ4n) is 3.60. The summed E-state index contributed by atoms with van der Waals surface area (Å²) in [7, 11) is 0. The van der Waals surface area contributed by atoms with E-state index in [1.807, 2.05) is 66.0 Å². The first kappa shape index (κ1) is 23.3. The molecule has 9 heteroatoms. The molecule has 2 heterocycles. The summed E-state index contributed by atoms with van der Waals surface area (Å²) in [5, 5.41) is 5.50. The van der Waals surface area contributed by atoms with Crippen LogP contribution in [0.4, 0.5) is 10.1 Å². The summed E-state index contributed by atoms with van der Waals surface area (Å²) in [6, 6.07) is 22.9. The first-order valence-electron chi connectivity index (χ1n) is 10.5. The normalized spacial score (nSPS) is 11.0. The Bertz CT molecular complexity index is 1590. The molecule has 3 aromatic carbocycles. The number of nitrogens with one attached hydrogen (secondary N) is 1. The van der Waals surface area contributed by atoms with Crippen molar-refractivity contribution < 1.29 is 9.18 Å². The van der Waals surface area contributed by atoms with Crippen LogP contribution in [0.1, 0.15) is 0 Å². The molecule has 1 N–H and O–H groups in total. The van der Waals surface area contributed by atoms with Crippen molar-refractivity contribution in [2.24, 2.45) is 0 Å². The first-order chi connectivity index (χ1) is 17.0. The number of rotatable bonds is 6. The summed E-state index contributed by atoms with van der Waals surface area (Å²) in [4.78, 5) is 31.7. The molecule has 0 aliphatic carbocycles. The van der Waals surface area contributed by atoms with Crippen LogP contribution in [0, 0.1) is 5.82 Å². The Labute approximate surface area is 213 Å². The predicted molar refractivity (Wildman–Crippen MR) is 141 cm³/mol. The molecule has 0 bridgehead atoms. The Hall–Kier alpha value is -3.46. The van der Waals surface area contributed by atoms with E-state index in [9.17, 15) is 14.0 Å². The quantitative estimate of drug-likeness (QED) is 0.201. The summed E-state index contributed by atoms with van der Waals surface area (Å²) in [5.41, 5.74) is 2.61. The predicted octanol–water partition coefficient (Wildman–Crippen LogP) is 6.64. The maximum atomic E-state index is 13.8. The number of hydrogen-bond acceptors (Lipinski definition) is 5. The standard InChI is InChI=1S/C26H17ClFN3O2S2/c27-20-13-17(11-12-21(20)28)29-22(32)15-35-26-30-24-23(19(14-34-24)16-7-3-1-4-8-16)25(33)31(26)18-9-5-2-6-10-18/h1-14H,15H2,(H,29,32). The van der Waals surface area contributed by atoms with Crippen molar-refractivity contribution in [3.8, 4) is 16.8 Å². The lowest BCUT2D eigenvalue weighted by atomic mass is 10.1. The van der Waals surface area contributed by atoms with Gasteiger partial charge in [0.05, 0.1) is 21.8 Å². The minimum absolute atomic E-state index is 0.00328. The van der Waals surface area contributed by atoms with Gasteiger partial charge in [-0.3, -0.25) is 14.2 Å². The molecule has 5 rings (SSSR count). The number of nitrogens with zero attached hydrogens (tertiary/aromatic N) is 2. The van der Waals surface area contributed by atoms with Gasteiger partial charge >= 0.3 is 0 Å². The summed E-state index contributed by atoms with van der Waals surface area (Å²) >= 11 is 8.34. The van der Waals surface area contributed by atoms with E-state index in [2.05, 4.69) is 5.32 Å². The van der Waals surface area contributed by atoms with E-state index < -0.39 is 5.82 Å². The van der Waals surface area contributed by atoms with E-state index in [4.69, 9.17) is 16.6 Å². The maximum Gasteiger partial charge on any atom is 0.268 e. The van der Waals surface area contributed by atoms with Gasteiger partial charge in [0.15, 0.2) is 5.16 Å². The number of thioether (sulfide) groups is 1. The van der Waals surface area contributed by atoms with Crippen LogP contribution in [0.15, 0.2) is 94.2 Å². The zero-order valence-corrected chi connectivity index (χ0v) is 20.5. The monoisotopic (exact) mass is 521 g/mol. The highest BCUT2D eigenvalue weighted by atomic mass is 35.5. The molecular formula is C26H17ClFN3O2S2. The topological polar surface area (TPSA) is 64.0 Å². The zero-order valence-electron chi connectivity index (χ0n) is 18.1. The molecule has 0 spiro atoms. The lowest BCUT2D eigenvalue weighted by molar-refractivity contribution is -0.113. The fraction of sp³-hybridized carbons (Fsp3) is 0.0385. The van der Waals surface area contributed by atoms with Crippen molar-refractivity contribution in [1.29, 1.82) is 0 Å². The Morgan fingerprint density at radius 3 is 2.49 bits per heavy atom. The molecule has 5 nitrogen and oxygen atoms in total. The zero-order chi connectivity index (χ0) is 24.4. The molecule has 0 aliphatic rings. The number of fused-ring (bicyclic) bond motifs is 1. The van der Waals surface area contributed by atoms with E-state index in [1.54, 1.807) is 0 Å². The van der Waals surface area contributed by atoms with Crippen LogP contribution in [0.2, 0.25) is 5.02 Å². The van der Waals surface area contributed by atoms with Crippen LogP contribution in [-0.4, -0.2) is 21.2 Å². The largest absolute Gasteiger partial charge is 0.325 e. The smallest absolute Gasteiger partial charge is 0.268 e. The summed E-state index contributed by atoms with van der Waals surface area (Å²) in [6.07, 6.45) is 0. The third-order valence-corrected chi connectivity index (χ3v) is 7.31. The van der Waals surface area contributed by atoms with Gasteiger partial charge in [-0.25, -0.2) is 9.37 Å². The Morgan fingerprint density at radius 2 is 1.77 bits per heavy atom. The minimum atomic E-state index is -0.561. The van der Waals surface area contributed by atoms with E-state index in [-0.39, 0.29) is 22.2 Å². The van der Waals surface area contributed by atoms with Crippen molar-refractivity contribution in [3.05, 3.63) is 105 Å². The number of para-hydroxylation sites is 1. The number of anilines is 1. The Balaban J connectivity index is 1.51. The van der Waals surface area contributed by atoms with E-state index in [0.717, 1.165) is 22.9 Å². The van der Waals surface area contributed by atoms with Crippen LogP contribution in [-0.2, 0) is 4.79 Å². The number of carbonyl (C=O) groups excluding carboxylic acids is 1. The fourth-order valence-corrected chi connectivity index (χ4v) is 5.59. The second-order valence-electron chi connectivity index (χ2n) is 7.53. The highest BCUT2D eigenvalue weighted by molar-refractivity contribution is 7.99. The van der Waals surface area contributed by atoms with E-state index in [1.165, 1.54) is 34.1 Å². The van der Waals surface area contributed by atoms with Crippen molar-refractivity contribution >= 4 is 56.5 Å². The molecule has 0 radical (unpaired) electrons. The third-order valence-electron chi connectivity index (χ3n) is 5.21. The highest BCUT2D eigenvalue weighted by Gasteiger charge is 2.19. The first-order valence-corrected chi connectivity index (χ1v) is 12.8. The van der Waals surface area contributed by atoms with Crippen molar-refractivity contribution in [1.82, 2.24) is 9.55 Å². The molecule has 0 unspecified atom stereocenters. The van der Waals surface area contributed by atoms with Gasteiger partial charge in [-0.05, 0) is 35.9 Å². The van der Waals surface area contributed by atoms with Crippen LogP contribution < -0.4 is 10.9 Å². The molecule has 0 fully saturated rings. The molecule has 0 aliphatic heterocycles. The maximum absolute atomic E-state index is 13.8. The van der Waals surface area contributed by atoms with Gasteiger partial charge in [-0.15, -0.1) is 11.3 Å². The molecule has 0 saturated carbocycles. The number of halogens is 2. The second-order valence-corrected chi connectivity index (χ2v) is 9.74. The Morgan fingerprint density at radius 1 is 1.06 bits per heavy atom. The average molecular weight is 522 g/mol.